The van der Waals surface area contributed by atoms with E-state index in [4.69, 9.17) is 11.6 Å². The molecule has 4 rings (SSSR count). The lowest BCUT2D eigenvalue weighted by Gasteiger charge is -2.32. The van der Waals surface area contributed by atoms with Crippen molar-refractivity contribution in [3.05, 3.63) is 83.1 Å². The number of nitrogens with one attached hydrogen (secondary N) is 1. The van der Waals surface area contributed by atoms with Crippen LogP contribution in [0.2, 0.25) is 5.02 Å². The minimum atomic E-state index is -0.0213. The molecule has 2 heterocycles. The molecule has 1 aliphatic heterocycles. The highest BCUT2D eigenvalue weighted by Crippen LogP contribution is 2.28. The van der Waals surface area contributed by atoms with Crippen molar-refractivity contribution in [3.8, 4) is 0 Å². The summed E-state index contributed by atoms with van der Waals surface area (Å²) in [6.45, 7) is 1.37. The molecule has 1 aliphatic rings. The SMILES string of the molecule is O=C(c1ccccc1Cl)N1CCC[C@@H](c2ccnc(Nc3ccccc3)n2)C1. The molecule has 1 atom stereocenters. The average Bonchev–Trinajstić information content (AvgIpc) is 2.75. The molecule has 0 aliphatic carbocycles. The van der Waals surface area contributed by atoms with Gasteiger partial charge in [0.15, 0.2) is 0 Å². The predicted molar refractivity (Wildman–Crippen MR) is 111 cm³/mol. The van der Waals surface area contributed by atoms with Crippen LogP contribution in [0.15, 0.2) is 66.9 Å². The molecule has 0 unspecified atom stereocenters. The minimum absolute atomic E-state index is 0.0213. The molecule has 1 aromatic heterocycles. The largest absolute Gasteiger partial charge is 0.338 e. The molecule has 2 aromatic carbocycles. The second-order valence-corrected chi connectivity index (χ2v) is 7.27. The number of rotatable bonds is 4. The fourth-order valence-electron chi connectivity index (χ4n) is 3.52. The summed E-state index contributed by atoms with van der Waals surface area (Å²) in [6.07, 6.45) is 3.70. The Labute approximate surface area is 169 Å². The van der Waals surface area contributed by atoms with Crippen molar-refractivity contribution in [2.45, 2.75) is 18.8 Å². The van der Waals surface area contributed by atoms with Gasteiger partial charge in [-0.2, -0.15) is 0 Å². The van der Waals surface area contributed by atoms with Gasteiger partial charge in [-0.15, -0.1) is 0 Å². The first-order valence-corrected chi connectivity index (χ1v) is 9.77. The summed E-state index contributed by atoms with van der Waals surface area (Å²) in [5, 5.41) is 3.72. The topological polar surface area (TPSA) is 58.1 Å². The molecule has 0 radical (unpaired) electrons. The fourth-order valence-corrected chi connectivity index (χ4v) is 3.74. The molecule has 1 saturated heterocycles. The lowest BCUT2D eigenvalue weighted by atomic mass is 9.94. The Morgan fingerprint density at radius 3 is 2.68 bits per heavy atom. The van der Waals surface area contributed by atoms with Gasteiger partial charge >= 0.3 is 0 Å². The van der Waals surface area contributed by atoms with Crippen LogP contribution in [0.4, 0.5) is 11.6 Å². The number of carbonyl (C=O) groups excluding carboxylic acids is 1. The van der Waals surface area contributed by atoms with E-state index in [1.807, 2.05) is 53.4 Å². The Balaban J connectivity index is 1.49. The lowest BCUT2D eigenvalue weighted by Crippen LogP contribution is -2.39. The summed E-state index contributed by atoms with van der Waals surface area (Å²) < 4.78 is 0. The van der Waals surface area contributed by atoms with E-state index in [0.29, 0.717) is 23.1 Å². The number of piperidine rings is 1. The summed E-state index contributed by atoms with van der Waals surface area (Å²) in [5.41, 5.74) is 2.45. The van der Waals surface area contributed by atoms with Crippen molar-refractivity contribution in [1.82, 2.24) is 14.9 Å². The van der Waals surface area contributed by atoms with E-state index in [0.717, 1.165) is 30.8 Å². The number of carbonyl (C=O) groups is 1. The number of likely N-dealkylation sites (tertiary alicyclic amines) is 1. The third-order valence-corrected chi connectivity index (χ3v) is 5.27. The van der Waals surface area contributed by atoms with Crippen molar-refractivity contribution < 1.29 is 4.79 Å². The first-order chi connectivity index (χ1) is 13.7. The monoisotopic (exact) mass is 392 g/mol. The van der Waals surface area contributed by atoms with Crippen LogP contribution in [-0.4, -0.2) is 33.9 Å². The molecular weight excluding hydrogens is 372 g/mol. The van der Waals surface area contributed by atoms with Gasteiger partial charge in [0.2, 0.25) is 5.95 Å². The maximum atomic E-state index is 12.9. The van der Waals surface area contributed by atoms with Crippen LogP contribution >= 0.6 is 11.6 Å². The summed E-state index contributed by atoms with van der Waals surface area (Å²) in [7, 11) is 0. The molecule has 0 spiro atoms. The van der Waals surface area contributed by atoms with E-state index in [2.05, 4.69) is 15.3 Å². The lowest BCUT2D eigenvalue weighted by molar-refractivity contribution is 0.0706. The van der Waals surface area contributed by atoms with E-state index < -0.39 is 0 Å². The Morgan fingerprint density at radius 2 is 1.86 bits per heavy atom. The van der Waals surface area contributed by atoms with Crippen LogP contribution in [0, 0.1) is 0 Å². The highest BCUT2D eigenvalue weighted by molar-refractivity contribution is 6.33. The number of hydrogen-bond acceptors (Lipinski definition) is 4. The van der Waals surface area contributed by atoms with Crippen molar-refractivity contribution in [3.63, 3.8) is 0 Å². The van der Waals surface area contributed by atoms with E-state index in [9.17, 15) is 4.79 Å². The maximum absolute atomic E-state index is 12.9. The zero-order valence-corrected chi connectivity index (χ0v) is 16.1. The zero-order valence-electron chi connectivity index (χ0n) is 15.4. The van der Waals surface area contributed by atoms with Crippen LogP contribution in [-0.2, 0) is 0 Å². The first kappa shape index (κ1) is 18.4. The summed E-state index contributed by atoms with van der Waals surface area (Å²) in [5.74, 6) is 0.727. The number of para-hydroxylation sites is 1. The number of hydrogen-bond donors (Lipinski definition) is 1. The molecule has 0 bridgehead atoms. The summed E-state index contributed by atoms with van der Waals surface area (Å²) in [6, 6.07) is 19.0. The van der Waals surface area contributed by atoms with Gasteiger partial charge in [0.1, 0.15) is 0 Å². The van der Waals surface area contributed by atoms with E-state index in [1.54, 1.807) is 18.3 Å². The highest BCUT2D eigenvalue weighted by Gasteiger charge is 2.27. The number of benzene rings is 2. The summed E-state index contributed by atoms with van der Waals surface area (Å²) in [4.78, 5) is 23.8. The fraction of sp³-hybridized carbons (Fsp3) is 0.227. The van der Waals surface area contributed by atoms with Crippen molar-refractivity contribution in [1.29, 1.82) is 0 Å². The Hall–Kier alpha value is -2.92. The van der Waals surface area contributed by atoms with Crippen molar-refractivity contribution in [2.24, 2.45) is 0 Å². The zero-order chi connectivity index (χ0) is 19.3. The standard InChI is InChI=1S/C22H21ClN4O/c23-19-11-5-4-10-18(19)21(28)27-14-6-7-16(15-27)20-12-13-24-22(26-20)25-17-8-2-1-3-9-17/h1-5,8-13,16H,6-7,14-15H2,(H,24,25,26)/t16-/m1/s1. The highest BCUT2D eigenvalue weighted by atomic mass is 35.5. The number of anilines is 2. The van der Waals surface area contributed by atoms with Gasteiger partial charge < -0.3 is 10.2 Å². The molecular formula is C22H21ClN4O. The number of amides is 1. The molecule has 142 valence electrons. The smallest absolute Gasteiger partial charge is 0.255 e. The molecule has 1 fully saturated rings. The Bertz CT molecular complexity index is 964. The van der Waals surface area contributed by atoms with Crippen LogP contribution in [0.5, 0.6) is 0 Å². The number of nitrogens with zero attached hydrogens (tertiary/aromatic N) is 3. The minimum Gasteiger partial charge on any atom is -0.338 e. The van der Waals surface area contributed by atoms with Gasteiger partial charge in [-0.25, -0.2) is 9.97 Å². The third-order valence-electron chi connectivity index (χ3n) is 4.94. The van der Waals surface area contributed by atoms with Gasteiger partial charge in [0, 0.05) is 30.9 Å². The molecule has 1 amide bonds. The molecule has 1 N–H and O–H groups in total. The quantitative estimate of drug-likeness (QED) is 0.686. The van der Waals surface area contributed by atoms with Crippen molar-refractivity contribution in [2.75, 3.05) is 18.4 Å². The second kappa shape index (κ2) is 8.40. The van der Waals surface area contributed by atoms with Gasteiger partial charge in [0.05, 0.1) is 16.3 Å². The predicted octanol–water partition coefficient (Wildman–Crippen LogP) is 4.89. The number of halogens is 1. The van der Waals surface area contributed by atoms with Gasteiger partial charge in [-0.05, 0) is 43.2 Å². The molecule has 6 heteroatoms. The van der Waals surface area contributed by atoms with E-state index in [-0.39, 0.29) is 11.8 Å². The second-order valence-electron chi connectivity index (χ2n) is 6.87. The molecule has 0 saturated carbocycles. The normalized spacial score (nSPS) is 16.6. The van der Waals surface area contributed by atoms with Crippen LogP contribution in [0.25, 0.3) is 0 Å². The van der Waals surface area contributed by atoms with Gasteiger partial charge in [0.25, 0.3) is 5.91 Å². The molecule has 28 heavy (non-hydrogen) atoms. The Kier molecular flexibility index (Phi) is 5.53. The first-order valence-electron chi connectivity index (χ1n) is 9.39. The van der Waals surface area contributed by atoms with Gasteiger partial charge in [-0.3, -0.25) is 4.79 Å². The van der Waals surface area contributed by atoms with E-state index in [1.165, 1.54) is 0 Å². The van der Waals surface area contributed by atoms with Crippen LogP contribution < -0.4 is 5.32 Å². The molecule has 3 aromatic rings. The van der Waals surface area contributed by atoms with Gasteiger partial charge in [-0.1, -0.05) is 41.9 Å². The third kappa shape index (κ3) is 4.15. The maximum Gasteiger partial charge on any atom is 0.255 e. The van der Waals surface area contributed by atoms with E-state index >= 15 is 0 Å². The van der Waals surface area contributed by atoms with Crippen molar-refractivity contribution >= 4 is 29.1 Å². The molecule has 5 nitrogen and oxygen atoms in total. The number of aromatic nitrogens is 2. The average molecular weight is 393 g/mol. The van der Waals surface area contributed by atoms with Crippen LogP contribution in [0.1, 0.15) is 34.8 Å². The summed E-state index contributed by atoms with van der Waals surface area (Å²) >= 11 is 6.21. The van der Waals surface area contributed by atoms with Crippen LogP contribution in [0.3, 0.4) is 0 Å². The Morgan fingerprint density at radius 1 is 1.07 bits per heavy atom.